The summed E-state index contributed by atoms with van der Waals surface area (Å²) in [6, 6.07) is 9.59. The van der Waals surface area contributed by atoms with Gasteiger partial charge in [0.1, 0.15) is 5.69 Å². The van der Waals surface area contributed by atoms with Gasteiger partial charge in [0.25, 0.3) is 5.91 Å². The molecule has 1 aromatic heterocycles. The van der Waals surface area contributed by atoms with E-state index in [1.165, 1.54) is 4.90 Å². The van der Waals surface area contributed by atoms with E-state index < -0.39 is 0 Å². The van der Waals surface area contributed by atoms with Crippen molar-refractivity contribution in [1.82, 2.24) is 14.7 Å². The number of amides is 2. The molecule has 0 fully saturated rings. The lowest BCUT2D eigenvalue weighted by atomic mass is 10.1. The first-order chi connectivity index (χ1) is 16.2. The van der Waals surface area contributed by atoms with Gasteiger partial charge in [-0.2, -0.15) is 5.10 Å². The zero-order valence-electron chi connectivity index (χ0n) is 20.3. The molecule has 0 spiro atoms. The minimum absolute atomic E-state index is 0.0823. The topological polar surface area (TPSA) is 85.7 Å². The van der Waals surface area contributed by atoms with E-state index in [2.05, 4.69) is 10.4 Å². The summed E-state index contributed by atoms with van der Waals surface area (Å²) < 4.78 is 13.1. The van der Waals surface area contributed by atoms with E-state index >= 15 is 0 Å². The minimum atomic E-state index is -0.289. The SMILES string of the molecule is Cc1cc(C)c(NC(=O)CN(C)C(=O)c2cn(C)nc2-c2ccc3c(c2)OCCCO3)c(C)c1. The number of hydrogen-bond acceptors (Lipinski definition) is 5. The predicted octanol–water partition coefficient (Wildman–Crippen LogP) is 3.88. The molecule has 2 heterocycles. The van der Waals surface area contributed by atoms with E-state index in [0.717, 1.165) is 34.4 Å². The molecule has 0 saturated heterocycles. The van der Waals surface area contributed by atoms with Gasteiger partial charge in [-0.25, -0.2) is 0 Å². The van der Waals surface area contributed by atoms with E-state index in [0.29, 0.717) is 36.0 Å². The van der Waals surface area contributed by atoms with Crippen molar-refractivity contribution in [1.29, 1.82) is 0 Å². The molecule has 2 amide bonds. The first-order valence-corrected chi connectivity index (χ1v) is 11.3. The van der Waals surface area contributed by atoms with Crippen molar-refractivity contribution in [3.63, 3.8) is 0 Å². The van der Waals surface area contributed by atoms with Crippen LogP contribution in [-0.2, 0) is 11.8 Å². The van der Waals surface area contributed by atoms with Gasteiger partial charge in [0.05, 0.1) is 25.3 Å². The summed E-state index contributed by atoms with van der Waals surface area (Å²) in [5.41, 5.74) is 5.59. The molecule has 0 saturated carbocycles. The van der Waals surface area contributed by atoms with Crippen molar-refractivity contribution in [2.24, 2.45) is 7.05 Å². The average molecular weight is 463 g/mol. The fourth-order valence-electron chi connectivity index (χ4n) is 4.22. The predicted molar refractivity (Wildman–Crippen MR) is 130 cm³/mol. The first-order valence-electron chi connectivity index (χ1n) is 11.3. The Hall–Kier alpha value is -3.81. The van der Waals surface area contributed by atoms with Crippen molar-refractivity contribution in [2.75, 3.05) is 32.1 Å². The number of carbonyl (C=O) groups is 2. The van der Waals surface area contributed by atoms with Gasteiger partial charge in [-0.15, -0.1) is 0 Å². The molecular formula is C26H30N4O4. The summed E-state index contributed by atoms with van der Waals surface area (Å²) in [5, 5.41) is 7.46. The number of hydrogen-bond donors (Lipinski definition) is 1. The van der Waals surface area contributed by atoms with Crippen LogP contribution in [0, 0.1) is 20.8 Å². The summed E-state index contributed by atoms with van der Waals surface area (Å²) >= 11 is 0. The Labute approximate surface area is 199 Å². The molecule has 8 nitrogen and oxygen atoms in total. The number of nitrogens with one attached hydrogen (secondary N) is 1. The summed E-state index contributed by atoms with van der Waals surface area (Å²) in [7, 11) is 3.38. The second-order valence-corrected chi connectivity index (χ2v) is 8.76. The zero-order chi connectivity index (χ0) is 24.4. The Morgan fingerprint density at radius 1 is 1.06 bits per heavy atom. The van der Waals surface area contributed by atoms with Gasteiger partial charge in [0.15, 0.2) is 11.5 Å². The Kier molecular flexibility index (Phi) is 6.58. The van der Waals surface area contributed by atoms with Gasteiger partial charge in [0, 0.05) is 38.0 Å². The fourth-order valence-corrected chi connectivity index (χ4v) is 4.22. The molecule has 0 unspecified atom stereocenters. The Bertz CT molecular complexity index is 1220. The number of nitrogens with zero attached hydrogens (tertiary/aromatic N) is 3. The number of anilines is 1. The van der Waals surface area contributed by atoms with Gasteiger partial charge < -0.3 is 19.7 Å². The molecule has 0 radical (unpaired) electrons. The van der Waals surface area contributed by atoms with Crippen LogP contribution >= 0.6 is 0 Å². The average Bonchev–Trinajstić information content (AvgIpc) is 3.01. The van der Waals surface area contributed by atoms with E-state index in [4.69, 9.17) is 9.47 Å². The lowest BCUT2D eigenvalue weighted by Crippen LogP contribution is -2.35. The maximum atomic E-state index is 13.3. The first kappa shape index (κ1) is 23.4. The third-order valence-corrected chi connectivity index (χ3v) is 5.75. The van der Waals surface area contributed by atoms with Gasteiger partial charge in [0.2, 0.25) is 5.91 Å². The molecule has 1 N–H and O–H groups in total. The summed E-state index contributed by atoms with van der Waals surface area (Å²) in [6.07, 6.45) is 2.48. The van der Waals surface area contributed by atoms with E-state index in [9.17, 15) is 9.59 Å². The maximum absolute atomic E-state index is 13.3. The molecule has 3 aromatic rings. The van der Waals surface area contributed by atoms with Crippen LogP contribution in [0.1, 0.15) is 33.5 Å². The number of benzene rings is 2. The molecule has 0 bridgehead atoms. The number of rotatable bonds is 5. The van der Waals surface area contributed by atoms with E-state index in [1.807, 2.05) is 51.1 Å². The Morgan fingerprint density at radius 3 is 2.44 bits per heavy atom. The Balaban J connectivity index is 1.53. The second-order valence-electron chi connectivity index (χ2n) is 8.76. The lowest BCUT2D eigenvalue weighted by molar-refractivity contribution is -0.116. The van der Waals surface area contributed by atoms with E-state index in [1.54, 1.807) is 25.0 Å². The smallest absolute Gasteiger partial charge is 0.257 e. The number of aromatic nitrogens is 2. The molecule has 0 aliphatic carbocycles. The molecule has 1 aliphatic rings. The third-order valence-electron chi connectivity index (χ3n) is 5.75. The second kappa shape index (κ2) is 9.59. The van der Waals surface area contributed by atoms with Crippen LogP contribution in [0.2, 0.25) is 0 Å². The maximum Gasteiger partial charge on any atom is 0.257 e. The van der Waals surface area contributed by atoms with Gasteiger partial charge in [-0.3, -0.25) is 14.3 Å². The normalized spacial score (nSPS) is 12.7. The van der Waals surface area contributed by atoms with Crippen LogP contribution in [0.15, 0.2) is 36.5 Å². The van der Waals surface area contributed by atoms with Crippen LogP contribution in [0.25, 0.3) is 11.3 Å². The number of fused-ring (bicyclic) bond motifs is 1. The molecule has 0 atom stereocenters. The lowest BCUT2D eigenvalue weighted by Gasteiger charge is -2.18. The molecule has 1 aliphatic heterocycles. The summed E-state index contributed by atoms with van der Waals surface area (Å²) in [6.45, 7) is 7.04. The quantitative estimate of drug-likeness (QED) is 0.622. The summed E-state index contributed by atoms with van der Waals surface area (Å²) in [5.74, 6) is 0.769. The monoisotopic (exact) mass is 462 g/mol. The van der Waals surface area contributed by atoms with Crippen LogP contribution in [-0.4, -0.2) is 53.3 Å². The number of ether oxygens (including phenoxy) is 2. The van der Waals surface area contributed by atoms with Gasteiger partial charge >= 0.3 is 0 Å². The van der Waals surface area contributed by atoms with Crippen molar-refractivity contribution in [3.8, 4) is 22.8 Å². The largest absolute Gasteiger partial charge is 0.490 e. The number of carbonyl (C=O) groups excluding carboxylic acids is 2. The summed E-state index contributed by atoms with van der Waals surface area (Å²) in [4.78, 5) is 27.4. The molecule has 2 aromatic carbocycles. The van der Waals surface area contributed by atoms with Gasteiger partial charge in [-0.1, -0.05) is 17.7 Å². The van der Waals surface area contributed by atoms with Crippen molar-refractivity contribution in [3.05, 3.63) is 58.8 Å². The van der Waals surface area contributed by atoms with Crippen molar-refractivity contribution < 1.29 is 19.1 Å². The standard InChI is InChI=1S/C26H30N4O4/c1-16-11-17(2)24(18(3)12-16)27-23(31)15-29(4)26(32)20-14-30(5)28-25(20)19-7-8-21-22(13-19)34-10-6-9-33-21/h7-8,11-14H,6,9-10,15H2,1-5H3,(H,27,31). The molecule has 34 heavy (non-hydrogen) atoms. The van der Waals surface area contributed by atoms with Gasteiger partial charge in [-0.05, 0) is 50.1 Å². The number of likely N-dealkylation sites (N-methyl/N-ethyl adjacent to an activating group) is 1. The number of aryl methyl sites for hydroxylation is 4. The highest BCUT2D eigenvalue weighted by molar-refractivity contribution is 6.03. The highest BCUT2D eigenvalue weighted by Crippen LogP contribution is 2.35. The van der Waals surface area contributed by atoms with Crippen molar-refractivity contribution >= 4 is 17.5 Å². The molecular weight excluding hydrogens is 432 g/mol. The van der Waals surface area contributed by atoms with Crippen LogP contribution in [0.5, 0.6) is 11.5 Å². The highest BCUT2D eigenvalue weighted by Gasteiger charge is 2.23. The molecule has 8 heteroatoms. The van der Waals surface area contributed by atoms with E-state index in [-0.39, 0.29) is 18.4 Å². The fraction of sp³-hybridized carbons (Fsp3) is 0.346. The van der Waals surface area contributed by atoms with Crippen LogP contribution in [0.4, 0.5) is 5.69 Å². The minimum Gasteiger partial charge on any atom is -0.490 e. The van der Waals surface area contributed by atoms with Crippen molar-refractivity contribution in [2.45, 2.75) is 27.2 Å². The third kappa shape index (κ3) is 4.90. The van der Waals surface area contributed by atoms with Crippen LogP contribution in [0.3, 0.4) is 0 Å². The molecule has 4 rings (SSSR count). The van der Waals surface area contributed by atoms with Crippen LogP contribution < -0.4 is 14.8 Å². The highest BCUT2D eigenvalue weighted by atomic mass is 16.5. The Morgan fingerprint density at radius 2 is 1.74 bits per heavy atom. The molecule has 178 valence electrons. The zero-order valence-corrected chi connectivity index (χ0v) is 20.3.